The fraction of sp³-hybridized carbons (Fsp3) is 0.538. The van der Waals surface area contributed by atoms with Crippen molar-refractivity contribution in [3.05, 3.63) is 29.8 Å². The highest BCUT2D eigenvalue weighted by atomic mass is 16.5. The van der Waals surface area contributed by atoms with Gasteiger partial charge in [-0.25, -0.2) is 0 Å². The van der Waals surface area contributed by atoms with Crippen LogP contribution in [0.15, 0.2) is 24.3 Å². The third-order valence-electron chi connectivity index (χ3n) is 2.50. The number of ether oxygens (including phenoxy) is 2. The van der Waals surface area contributed by atoms with E-state index in [-0.39, 0.29) is 6.04 Å². The van der Waals surface area contributed by atoms with Crippen molar-refractivity contribution in [2.45, 2.75) is 25.8 Å². The molecule has 0 amide bonds. The SMILES string of the molecule is CCOCC(N)CCc1ccc(OC)cc1. The Bertz CT molecular complexity index is 284. The van der Waals surface area contributed by atoms with Crippen molar-refractivity contribution in [1.29, 1.82) is 0 Å². The van der Waals surface area contributed by atoms with Crippen molar-refractivity contribution < 1.29 is 9.47 Å². The van der Waals surface area contributed by atoms with Crippen molar-refractivity contribution >= 4 is 0 Å². The van der Waals surface area contributed by atoms with Crippen LogP contribution in [0.1, 0.15) is 18.9 Å². The second-order valence-electron chi connectivity index (χ2n) is 3.81. The molecule has 0 aromatic heterocycles. The molecule has 16 heavy (non-hydrogen) atoms. The first-order valence-electron chi connectivity index (χ1n) is 5.72. The number of rotatable bonds is 7. The molecular formula is C13H21NO2. The summed E-state index contributed by atoms with van der Waals surface area (Å²) in [6.07, 6.45) is 1.94. The molecule has 1 atom stereocenters. The topological polar surface area (TPSA) is 44.5 Å². The standard InChI is InChI=1S/C13H21NO2/c1-3-16-10-12(14)7-4-11-5-8-13(15-2)9-6-11/h5-6,8-9,12H,3-4,7,10,14H2,1-2H3. The molecule has 90 valence electrons. The van der Waals surface area contributed by atoms with Gasteiger partial charge in [-0.05, 0) is 37.5 Å². The largest absolute Gasteiger partial charge is 0.497 e. The average molecular weight is 223 g/mol. The Morgan fingerprint density at radius 2 is 1.94 bits per heavy atom. The first kappa shape index (κ1) is 13.0. The molecule has 0 saturated heterocycles. The summed E-state index contributed by atoms with van der Waals surface area (Å²) in [5.41, 5.74) is 7.20. The zero-order valence-electron chi connectivity index (χ0n) is 10.1. The van der Waals surface area contributed by atoms with Crippen LogP contribution in [0.4, 0.5) is 0 Å². The third-order valence-corrected chi connectivity index (χ3v) is 2.50. The van der Waals surface area contributed by atoms with Crippen molar-refractivity contribution in [3.63, 3.8) is 0 Å². The molecule has 2 N–H and O–H groups in total. The van der Waals surface area contributed by atoms with E-state index >= 15 is 0 Å². The van der Waals surface area contributed by atoms with Crippen molar-refractivity contribution in [2.24, 2.45) is 5.73 Å². The van der Waals surface area contributed by atoms with Crippen LogP contribution in [0.5, 0.6) is 5.75 Å². The fourth-order valence-electron chi connectivity index (χ4n) is 1.50. The van der Waals surface area contributed by atoms with E-state index in [0.29, 0.717) is 6.61 Å². The summed E-state index contributed by atoms with van der Waals surface area (Å²) in [5, 5.41) is 0. The van der Waals surface area contributed by atoms with E-state index < -0.39 is 0 Å². The molecule has 0 fully saturated rings. The monoisotopic (exact) mass is 223 g/mol. The maximum Gasteiger partial charge on any atom is 0.118 e. The first-order chi connectivity index (χ1) is 7.76. The second-order valence-corrected chi connectivity index (χ2v) is 3.81. The van der Waals surface area contributed by atoms with E-state index in [4.69, 9.17) is 15.2 Å². The summed E-state index contributed by atoms with van der Waals surface area (Å²) >= 11 is 0. The zero-order chi connectivity index (χ0) is 11.8. The number of benzene rings is 1. The number of methoxy groups -OCH3 is 1. The highest BCUT2D eigenvalue weighted by molar-refractivity contribution is 5.27. The summed E-state index contributed by atoms with van der Waals surface area (Å²) in [7, 11) is 1.67. The number of hydrogen-bond donors (Lipinski definition) is 1. The molecule has 0 aliphatic carbocycles. The van der Waals surface area contributed by atoms with Gasteiger partial charge < -0.3 is 15.2 Å². The van der Waals surface area contributed by atoms with E-state index in [2.05, 4.69) is 12.1 Å². The molecule has 1 aromatic rings. The van der Waals surface area contributed by atoms with Crippen LogP contribution in [0, 0.1) is 0 Å². The van der Waals surface area contributed by atoms with Crippen molar-refractivity contribution in [1.82, 2.24) is 0 Å². The summed E-state index contributed by atoms with van der Waals surface area (Å²) in [6, 6.07) is 8.23. The molecule has 3 nitrogen and oxygen atoms in total. The normalized spacial score (nSPS) is 12.4. The van der Waals surface area contributed by atoms with Crippen LogP contribution in [0.3, 0.4) is 0 Å². The molecule has 0 aliphatic rings. The minimum absolute atomic E-state index is 0.127. The molecular weight excluding hydrogens is 202 g/mol. The van der Waals surface area contributed by atoms with Gasteiger partial charge in [-0.3, -0.25) is 0 Å². The van der Waals surface area contributed by atoms with E-state index in [1.54, 1.807) is 7.11 Å². The molecule has 0 heterocycles. The summed E-state index contributed by atoms with van der Waals surface area (Å²) in [6.45, 7) is 3.36. The molecule has 3 heteroatoms. The van der Waals surface area contributed by atoms with E-state index in [1.165, 1.54) is 5.56 Å². The van der Waals surface area contributed by atoms with Crippen LogP contribution < -0.4 is 10.5 Å². The fourth-order valence-corrected chi connectivity index (χ4v) is 1.50. The molecule has 0 radical (unpaired) electrons. The van der Waals surface area contributed by atoms with Gasteiger partial charge in [0.2, 0.25) is 0 Å². The van der Waals surface area contributed by atoms with Gasteiger partial charge in [-0.1, -0.05) is 12.1 Å². The average Bonchev–Trinajstić information content (AvgIpc) is 2.34. The Hall–Kier alpha value is -1.06. The number of aryl methyl sites for hydroxylation is 1. The van der Waals surface area contributed by atoms with Gasteiger partial charge in [0, 0.05) is 12.6 Å². The predicted octanol–water partition coefficient (Wildman–Crippen LogP) is 1.99. The maximum absolute atomic E-state index is 5.91. The van der Waals surface area contributed by atoms with Crippen molar-refractivity contribution in [2.75, 3.05) is 20.3 Å². The van der Waals surface area contributed by atoms with E-state index in [1.807, 2.05) is 19.1 Å². The van der Waals surface area contributed by atoms with Gasteiger partial charge in [0.1, 0.15) is 5.75 Å². The Morgan fingerprint density at radius 3 is 2.50 bits per heavy atom. The van der Waals surface area contributed by atoms with Gasteiger partial charge in [0.25, 0.3) is 0 Å². The van der Waals surface area contributed by atoms with Crippen LogP contribution in [-0.4, -0.2) is 26.4 Å². The number of hydrogen-bond acceptors (Lipinski definition) is 3. The third kappa shape index (κ3) is 4.64. The Kier molecular flexibility index (Phi) is 5.90. The highest BCUT2D eigenvalue weighted by Gasteiger charge is 2.03. The van der Waals surface area contributed by atoms with Gasteiger partial charge in [-0.2, -0.15) is 0 Å². The minimum Gasteiger partial charge on any atom is -0.497 e. The quantitative estimate of drug-likeness (QED) is 0.769. The molecule has 0 saturated carbocycles. The van der Waals surface area contributed by atoms with Crippen LogP contribution in [0.2, 0.25) is 0 Å². The zero-order valence-corrected chi connectivity index (χ0v) is 10.1. The Labute approximate surface area is 97.6 Å². The highest BCUT2D eigenvalue weighted by Crippen LogP contribution is 2.12. The molecule has 1 aromatic carbocycles. The summed E-state index contributed by atoms with van der Waals surface area (Å²) in [5.74, 6) is 0.891. The van der Waals surface area contributed by atoms with Crippen molar-refractivity contribution in [3.8, 4) is 5.75 Å². The van der Waals surface area contributed by atoms with Crippen LogP contribution >= 0.6 is 0 Å². The molecule has 1 rings (SSSR count). The number of nitrogens with two attached hydrogens (primary N) is 1. The molecule has 0 aliphatic heterocycles. The van der Waals surface area contributed by atoms with Gasteiger partial charge >= 0.3 is 0 Å². The second kappa shape index (κ2) is 7.25. The Morgan fingerprint density at radius 1 is 1.25 bits per heavy atom. The van der Waals surface area contributed by atoms with E-state index in [0.717, 1.165) is 25.2 Å². The Balaban J connectivity index is 2.30. The van der Waals surface area contributed by atoms with Crippen LogP contribution in [0.25, 0.3) is 0 Å². The lowest BCUT2D eigenvalue weighted by molar-refractivity contribution is 0.131. The lowest BCUT2D eigenvalue weighted by atomic mass is 10.1. The maximum atomic E-state index is 5.91. The van der Waals surface area contributed by atoms with Gasteiger partial charge in [0.05, 0.1) is 13.7 Å². The predicted molar refractivity (Wildman–Crippen MR) is 65.8 cm³/mol. The minimum atomic E-state index is 0.127. The summed E-state index contributed by atoms with van der Waals surface area (Å²) in [4.78, 5) is 0. The molecule has 0 spiro atoms. The first-order valence-corrected chi connectivity index (χ1v) is 5.72. The smallest absolute Gasteiger partial charge is 0.118 e. The van der Waals surface area contributed by atoms with Gasteiger partial charge in [-0.15, -0.1) is 0 Å². The van der Waals surface area contributed by atoms with Crippen LogP contribution in [-0.2, 0) is 11.2 Å². The lowest BCUT2D eigenvalue weighted by Crippen LogP contribution is -2.26. The van der Waals surface area contributed by atoms with E-state index in [9.17, 15) is 0 Å². The molecule has 1 unspecified atom stereocenters. The summed E-state index contributed by atoms with van der Waals surface area (Å²) < 4.78 is 10.4. The molecule has 0 bridgehead atoms. The van der Waals surface area contributed by atoms with Gasteiger partial charge in [0.15, 0.2) is 0 Å². The lowest BCUT2D eigenvalue weighted by Gasteiger charge is -2.11.